The van der Waals surface area contributed by atoms with Crippen LogP contribution in [0.1, 0.15) is 22.5 Å². The Kier molecular flexibility index (Phi) is 5.76. The van der Waals surface area contributed by atoms with Crippen LogP contribution in [-0.4, -0.2) is 22.8 Å². The summed E-state index contributed by atoms with van der Waals surface area (Å²) in [5, 5.41) is 5.60. The number of hydrogen-bond acceptors (Lipinski definition) is 4. The largest absolute Gasteiger partial charge is 0.457 e. The molecule has 0 fully saturated rings. The topological polar surface area (TPSA) is 80.3 Å². The van der Waals surface area contributed by atoms with Crippen molar-refractivity contribution in [1.82, 2.24) is 10.3 Å². The third-order valence-electron chi connectivity index (χ3n) is 4.67. The second-order valence-corrected chi connectivity index (χ2v) is 7.70. The quantitative estimate of drug-likeness (QED) is 0.590. The van der Waals surface area contributed by atoms with Crippen LogP contribution in [0.5, 0.6) is 11.5 Å². The van der Waals surface area contributed by atoms with Crippen molar-refractivity contribution in [3.05, 3.63) is 82.3 Å². The van der Waals surface area contributed by atoms with Crippen molar-refractivity contribution >= 4 is 33.4 Å². The predicted octanol–water partition coefficient (Wildman–Crippen LogP) is 4.46. The van der Waals surface area contributed by atoms with Gasteiger partial charge in [0.05, 0.1) is 0 Å². The highest BCUT2D eigenvalue weighted by atomic mass is 79.9. The number of anilines is 1. The van der Waals surface area contributed by atoms with Gasteiger partial charge in [-0.25, -0.2) is 4.39 Å². The van der Waals surface area contributed by atoms with Crippen LogP contribution < -0.4 is 15.4 Å². The van der Waals surface area contributed by atoms with Gasteiger partial charge in [0.15, 0.2) is 0 Å². The summed E-state index contributed by atoms with van der Waals surface area (Å²) in [5.41, 5.74) is 1.86. The minimum absolute atomic E-state index is 0.118. The summed E-state index contributed by atoms with van der Waals surface area (Å²) in [6.45, 7) is 0. The molecule has 2 aromatic carbocycles. The molecule has 6 nitrogen and oxygen atoms in total. The van der Waals surface area contributed by atoms with Crippen LogP contribution >= 0.6 is 15.9 Å². The molecule has 0 radical (unpaired) electrons. The molecular weight excluding hydrogens is 453 g/mol. The number of rotatable bonds is 4. The molecule has 0 saturated heterocycles. The van der Waals surface area contributed by atoms with E-state index in [1.165, 1.54) is 36.5 Å². The first-order chi connectivity index (χ1) is 14.5. The number of hydrogen-bond donors (Lipinski definition) is 2. The Morgan fingerprint density at radius 1 is 1.13 bits per heavy atom. The van der Waals surface area contributed by atoms with Crippen LogP contribution in [-0.2, 0) is 11.2 Å². The Labute approximate surface area is 180 Å². The van der Waals surface area contributed by atoms with E-state index in [0.29, 0.717) is 24.3 Å². The molecule has 0 aliphatic carbocycles. The number of pyridine rings is 1. The summed E-state index contributed by atoms with van der Waals surface area (Å²) in [7, 11) is 0. The molecule has 1 aromatic heterocycles. The molecule has 2 N–H and O–H groups in total. The van der Waals surface area contributed by atoms with Crippen molar-refractivity contribution in [3.8, 4) is 11.5 Å². The first-order valence-electron chi connectivity index (χ1n) is 9.27. The number of benzene rings is 2. The maximum atomic E-state index is 13.0. The van der Waals surface area contributed by atoms with Crippen molar-refractivity contribution < 1.29 is 18.7 Å². The number of nitrogens with zero attached hydrogens (tertiary/aromatic N) is 1. The zero-order valence-electron chi connectivity index (χ0n) is 15.7. The number of amides is 2. The molecule has 2 amide bonds. The number of nitrogens with one attached hydrogen (secondary N) is 2. The van der Waals surface area contributed by atoms with Gasteiger partial charge in [-0.15, -0.1) is 0 Å². The summed E-state index contributed by atoms with van der Waals surface area (Å²) in [6, 6.07) is 13.6. The molecule has 152 valence electrons. The van der Waals surface area contributed by atoms with Crippen LogP contribution in [0, 0.1) is 5.82 Å². The Hall–Kier alpha value is -3.26. The first-order valence-corrected chi connectivity index (χ1v) is 10.1. The lowest BCUT2D eigenvalue weighted by Gasteiger charge is -2.15. The monoisotopic (exact) mass is 469 g/mol. The maximum Gasteiger partial charge on any atom is 0.270 e. The minimum atomic E-state index is -0.688. The second-order valence-electron chi connectivity index (χ2n) is 6.79. The van der Waals surface area contributed by atoms with Crippen LogP contribution in [0.3, 0.4) is 0 Å². The number of aryl methyl sites for hydroxylation is 1. The molecular formula is C22H17BrFN3O3. The standard InChI is InChI=1S/C22H17BrFN3O3/c23-14-3-1-13-2-8-18(21(28)27-19(13)11-14)26-22(29)20-12-17(9-10-25-20)30-16-6-4-15(24)5-7-16/h1,3-7,9-12,18H,2,8H2,(H,26,29)(H,27,28)/t18-/m0/s1. The van der Waals surface area contributed by atoms with Gasteiger partial charge in [-0.1, -0.05) is 22.0 Å². The fraction of sp³-hybridized carbons (Fsp3) is 0.136. The van der Waals surface area contributed by atoms with Crippen LogP contribution in [0.15, 0.2) is 65.3 Å². The Morgan fingerprint density at radius 2 is 1.93 bits per heavy atom. The molecule has 0 bridgehead atoms. The SMILES string of the molecule is O=C(N[C@H]1CCc2ccc(Br)cc2NC1=O)c1cc(Oc2ccc(F)cc2)ccn1. The molecule has 4 rings (SSSR count). The van der Waals surface area contributed by atoms with Crippen molar-refractivity contribution in [3.63, 3.8) is 0 Å². The molecule has 1 aliphatic heterocycles. The van der Waals surface area contributed by atoms with Crippen LogP contribution in [0.2, 0.25) is 0 Å². The van der Waals surface area contributed by atoms with Gasteiger partial charge in [0, 0.05) is 22.4 Å². The van der Waals surface area contributed by atoms with Crippen LogP contribution in [0.25, 0.3) is 0 Å². The number of aromatic nitrogens is 1. The molecule has 2 heterocycles. The van der Waals surface area contributed by atoms with E-state index < -0.39 is 11.9 Å². The average molecular weight is 470 g/mol. The van der Waals surface area contributed by atoms with E-state index in [1.54, 1.807) is 6.07 Å². The fourth-order valence-corrected chi connectivity index (χ4v) is 3.50. The summed E-state index contributed by atoms with van der Waals surface area (Å²) in [5.74, 6) is -0.315. The third kappa shape index (κ3) is 4.65. The van der Waals surface area contributed by atoms with E-state index in [9.17, 15) is 14.0 Å². The van der Waals surface area contributed by atoms with Crippen LogP contribution in [0.4, 0.5) is 10.1 Å². The lowest BCUT2D eigenvalue weighted by atomic mass is 10.1. The maximum absolute atomic E-state index is 13.0. The van der Waals surface area contributed by atoms with E-state index in [1.807, 2.05) is 18.2 Å². The number of carbonyl (C=O) groups excluding carboxylic acids is 2. The van der Waals surface area contributed by atoms with E-state index >= 15 is 0 Å². The summed E-state index contributed by atoms with van der Waals surface area (Å²) in [4.78, 5) is 29.3. The fourth-order valence-electron chi connectivity index (χ4n) is 3.14. The van der Waals surface area contributed by atoms with Gasteiger partial charge >= 0.3 is 0 Å². The van der Waals surface area contributed by atoms with Gasteiger partial charge < -0.3 is 15.4 Å². The van der Waals surface area contributed by atoms with Crippen molar-refractivity contribution in [2.45, 2.75) is 18.9 Å². The molecule has 30 heavy (non-hydrogen) atoms. The first kappa shape index (κ1) is 20.0. The third-order valence-corrected chi connectivity index (χ3v) is 5.16. The number of fused-ring (bicyclic) bond motifs is 1. The Bertz CT molecular complexity index is 1110. The zero-order chi connectivity index (χ0) is 21.1. The molecule has 8 heteroatoms. The van der Waals surface area contributed by atoms with E-state index in [2.05, 4.69) is 31.5 Å². The van der Waals surface area contributed by atoms with Gasteiger partial charge in [-0.2, -0.15) is 0 Å². The minimum Gasteiger partial charge on any atom is -0.457 e. The van der Waals surface area contributed by atoms with Gasteiger partial charge in [0.1, 0.15) is 29.1 Å². The lowest BCUT2D eigenvalue weighted by molar-refractivity contribution is -0.118. The zero-order valence-corrected chi connectivity index (χ0v) is 17.3. The molecule has 1 aliphatic rings. The van der Waals surface area contributed by atoms with Crippen molar-refractivity contribution in [1.29, 1.82) is 0 Å². The van der Waals surface area contributed by atoms with E-state index in [4.69, 9.17) is 4.74 Å². The number of halogens is 2. The smallest absolute Gasteiger partial charge is 0.270 e. The van der Waals surface area contributed by atoms with Gasteiger partial charge in [0.2, 0.25) is 5.91 Å². The molecule has 0 spiro atoms. The normalized spacial score (nSPS) is 15.5. The van der Waals surface area contributed by atoms with Gasteiger partial charge in [-0.05, 0) is 60.9 Å². The second kappa shape index (κ2) is 8.62. The Morgan fingerprint density at radius 3 is 2.73 bits per heavy atom. The highest BCUT2D eigenvalue weighted by molar-refractivity contribution is 9.10. The number of ether oxygens (including phenoxy) is 1. The average Bonchev–Trinajstić information content (AvgIpc) is 2.88. The summed E-state index contributed by atoms with van der Waals surface area (Å²) in [6.07, 6.45) is 2.56. The predicted molar refractivity (Wildman–Crippen MR) is 113 cm³/mol. The molecule has 3 aromatic rings. The number of carbonyl (C=O) groups is 2. The lowest BCUT2D eigenvalue weighted by Crippen LogP contribution is -2.43. The summed E-state index contributed by atoms with van der Waals surface area (Å²) >= 11 is 3.40. The van der Waals surface area contributed by atoms with E-state index in [-0.39, 0.29) is 17.4 Å². The highest BCUT2D eigenvalue weighted by Crippen LogP contribution is 2.26. The molecule has 1 atom stereocenters. The van der Waals surface area contributed by atoms with Gasteiger partial charge in [-0.3, -0.25) is 14.6 Å². The van der Waals surface area contributed by atoms with Crippen molar-refractivity contribution in [2.24, 2.45) is 0 Å². The molecule has 0 saturated carbocycles. The Balaban J connectivity index is 1.45. The molecule has 0 unspecified atom stereocenters. The summed E-state index contributed by atoms with van der Waals surface area (Å²) < 4.78 is 19.5. The van der Waals surface area contributed by atoms with Gasteiger partial charge in [0.25, 0.3) is 5.91 Å². The van der Waals surface area contributed by atoms with Crippen molar-refractivity contribution in [2.75, 3.05) is 5.32 Å². The van der Waals surface area contributed by atoms with E-state index in [0.717, 1.165) is 15.7 Å². The highest BCUT2D eigenvalue weighted by Gasteiger charge is 2.26.